The molecule has 0 unspecified atom stereocenters. The molecule has 3 heteroatoms. The minimum atomic E-state index is 0.995. The van der Waals surface area contributed by atoms with E-state index in [1.807, 2.05) is 54.7 Å². The predicted octanol–water partition coefficient (Wildman–Crippen LogP) is 4.74. The summed E-state index contributed by atoms with van der Waals surface area (Å²) in [7, 11) is 0. The van der Waals surface area contributed by atoms with E-state index in [2.05, 4.69) is 32.3 Å². The Kier molecular flexibility index (Phi) is 2.99. The quantitative estimate of drug-likeness (QED) is 0.739. The molecule has 2 aromatic carbocycles. The van der Waals surface area contributed by atoms with Crippen molar-refractivity contribution in [3.05, 3.63) is 65.3 Å². The fourth-order valence-corrected chi connectivity index (χ4v) is 2.30. The highest BCUT2D eigenvalue weighted by molar-refractivity contribution is 9.10. The molecule has 0 saturated heterocycles. The number of hydrogen-bond acceptors (Lipinski definition) is 2. The molecule has 88 valence electrons. The fourth-order valence-electron chi connectivity index (χ4n) is 1.91. The molecule has 0 fully saturated rings. The summed E-state index contributed by atoms with van der Waals surface area (Å²) in [5, 5.41) is 4.55. The first-order valence-electron chi connectivity index (χ1n) is 5.70. The zero-order chi connectivity index (χ0) is 12.4. The van der Waals surface area contributed by atoms with E-state index < -0.39 is 0 Å². The van der Waals surface area contributed by atoms with E-state index in [1.165, 1.54) is 0 Å². The average Bonchev–Trinajstić information content (AvgIpc) is 2.42. The first-order chi connectivity index (χ1) is 8.84. The van der Waals surface area contributed by atoms with Gasteiger partial charge in [-0.1, -0.05) is 30.3 Å². The molecule has 18 heavy (non-hydrogen) atoms. The lowest BCUT2D eigenvalue weighted by molar-refractivity contribution is 1.40. The third-order valence-electron chi connectivity index (χ3n) is 2.79. The zero-order valence-corrected chi connectivity index (χ0v) is 11.2. The summed E-state index contributed by atoms with van der Waals surface area (Å²) in [6, 6.07) is 18.2. The van der Waals surface area contributed by atoms with Crippen LogP contribution < -0.4 is 5.32 Å². The molecule has 0 amide bonds. The number of rotatable bonds is 2. The Morgan fingerprint density at radius 1 is 0.833 bits per heavy atom. The van der Waals surface area contributed by atoms with Crippen LogP contribution in [0.3, 0.4) is 0 Å². The number of benzene rings is 2. The maximum absolute atomic E-state index is 4.35. The van der Waals surface area contributed by atoms with Gasteiger partial charge in [0.1, 0.15) is 0 Å². The number of pyridine rings is 1. The van der Waals surface area contributed by atoms with Crippen LogP contribution >= 0.6 is 15.9 Å². The van der Waals surface area contributed by atoms with Gasteiger partial charge in [0.25, 0.3) is 0 Å². The summed E-state index contributed by atoms with van der Waals surface area (Å²) in [5.41, 5.74) is 3.11. The number of anilines is 2. The van der Waals surface area contributed by atoms with Crippen LogP contribution in [0.1, 0.15) is 0 Å². The molecule has 0 radical (unpaired) electrons. The van der Waals surface area contributed by atoms with Crippen LogP contribution in [-0.4, -0.2) is 4.98 Å². The molecular formula is C15H11BrN2. The summed E-state index contributed by atoms with van der Waals surface area (Å²) < 4.78 is 1.05. The van der Waals surface area contributed by atoms with E-state index in [0.29, 0.717) is 0 Å². The maximum Gasteiger partial charge on any atom is 0.0722 e. The Hall–Kier alpha value is -1.87. The molecule has 1 heterocycles. The Labute approximate surface area is 114 Å². The third kappa shape index (κ3) is 2.09. The van der Waals surface area contributed by atoms with Crippen molar-refractivity contribution in [1.82, 2.24) is 4.98 Å². The van der Waals surface area contributed by atoms with Crippen molar-refractivity contribution in [2.75, 3.05) is 5.32 Å². The van der Waals surface area contributed by atoms with Gasteiger partial charge in [-0.2, -0.15) is 0 Å². The van der Waals surface area contributed by atoms with E-state index in [9.17, 15) is 0 Å². The first-order valence-corrected chi connectivity index (χ1v) is 6.49. The van der Waals surface area contributed by atoms with Gasteiger partial charge in [-0.15, -0.1) is 0 Å². The second kappa shape index (κ2) is 4.78. The van der Waals surface area contributed by atoms with Gasteiger partial charge in [-0.3, -0.25) is 4.98 Å². The number of fused-ring (bicyclic) bond motifs is 1. The van der Waals surface area contributed by atoms with Crippen molar-refractivity contribution in [3.63, 3.8) is 0 Å². The fraction of sp³-hybridized carbons (Fsp3) is 0. The van der Waals surface area contributed by atoms with Gasteiger partial charge in [-0.25, -0.2) is 0 Å². The molecule has 0 aliphatic heterocycles. The summed E-state index contributed by atoms with van der Waals surface area (Å²) in [6.45, 7) is 0. The van der Waals surface area contributed by atoms with Gasteiger partial charge in [0.05, 0.1) is 11.2 Å². The zero-order valence-electron chi connectivity index (χ0n) is 9.60. The van der Waals surface area contributed by atoms with Crippen molar-refractivity contribution >= 4 is 38.2 Å². The van der Waals surface area contributed by atoms with Gasteiger partial charge >= 0.3 is 0 Å². The lowest BCUT2D eigenvalue weighted by atomic mass is 10.2. The van der Waals surface area contributed by atoms with Crippen LogP contribution in [0.2, 0.25) is 0 Å². The van der Waals surface area contributed by atoms with Crippen LogP contribution in [0.25, 0.3) is 10.9 Å². The highest BCUT2D eigenvalue weighted by Gasteiger charge is 2.03. The molecule has 3 aromatic rings. The van der Waals surface area contributed by atoms with Gasteiger partial charge in [0.15, 0.2) is 0 Å². The highest BCUT2D eigenvalue weighted by atomic mass is 79.9. The second-order valence-corrected chi connectivity index (χ2v) is 4.83. The third-order valence-corrected chi connectivity index (χ3v) is 3.48. The lowest BCUT2D eigenvalue weighted by Crippen LogP contribution is -1.93. The number of halogens is 1. The molecule has 0 aliphatic carbocycles. The van der Waals surface area contributed by atoms with Crippen LogP contribution in [0.15, 0.2) is 65.3 Å². The SMILES string of the molecule is Brc1ccccc1Nc1ccnc2ccccc12. The van der Waals surface area contributed by atoms with Gasteiger partial charge in [-0.05, 0) is 40.2 Å². The smallest absolute Gasteiger partial charge is 0.0722 e. The van der Waals surface area contributed by atoms with Gasteiger partial charge < -0.3 is 5.32 Å². The molecule has 3 rings (SSSR count). The molecule has 0 aliphatic rings. The summed E-state index contributed by atoms with van der Waals surface area (Å²) in [5.74, 6) is 0. The molecule has 2 nitrogen and oxygen atoms in total. The van der Waals surface area contributed by atoms with E-state index in [4.69, 9.17) is 0 Å². The Morgan fingerprint density at radius 3 is 2.50 bits per heavy atom. The standard InChI is InChI=1S/C15H11BrN2/c16-12-6-2-4-8-15(12)18-14-9-10-17-13-7-3-1-5-11(13)14/h1-10H,(H,17,18). The minimum Gasteiger partial charge on any atom is -0.354 e. The summed E-state index contributed by atoms with van der Waals surface area (Å²) >= 11 is 3.54. The minimum absolute atomic E-state index is 0.995. The van der Waals surface area contributed by atoms with E-state index in [1.54, 1.807) is 0 Å². The number of para-hydroxylation sites is 2. The van der Waals surface area contributed by atoms with Crippen molar-refractivity contribution in [2.45, 2.75) is 0 Å². The Bertz CT molecular complexity index is 689. The second-order valence-electron chi connectivity index (χ2n) is 3.98. The van der Waals surface area contributed by atoms with E-state index in [-0.39, 0.29) is 0 Å². The van der Waals surface area contributed by atoms with Crippen molar-refractivity contribution in [3.8, 4) is 0 Å². The molecule has 0 spiro atoms. The van der Waals surface area contributed by atoms with Crippen molar-refractivity contribution < 1.29 is 0 Å². The largest absolute Gasteiger partial charge is 0.354 e. The van der Waals surface area contributed by atoms with Crippen LogP contribution in [0.4, 0.5) is 11.4 Å². The average molecular weight is 299 g/mol. The maximum atomic E-state index is 4.35. The number of aromatic nitrogens is 1. The van der Waals surface area contributed by atoms with Gasteiger partial charge in [0.2, 0.25) is 0 Å². The molecule has 1 aromatic heterocycles. The number of nitrogens with one attached hydrogen (secondary N) is 1. The van der Waals surface area contributed by atoms with E-state index in [0.717, 1.165) is 26.8 Å². The van der Waals surface area contributed by atoms with E-state index >= 15 is 0 Å². The Morgan fingerprint density at radius 2 is 1.61 bits per heavy atom. The monoisotopic (exact) mass is 298 g/mol. The van der Waals surface area contributed by atoms with Crippen LogP contribution in [0, 0.1) is 0 Å². The van der Waals surface area contributed by atoms with Crippen LogP contribution in [0.5, 0.6) is 0 Å². The molecule has 1 N–H and O–H groups in total. The molecule has 0 atom stereocenters. The van der Waals surface area contributed by atoms with Crippen molar-refractivity contribution in [2.24, 2.45) is 0 Å². The first kappa shape index (κ1) is 11.2. The van der Waals surface area contributed by atoms with Crippen LogP contribution in [-0.2, 0) is 0 Å². The Balaban J connectivity index is 2.08. The number of hydrogen-bond donors (Lipinski definition) is 1. The molecule has 0 saturated carbocycles. The molecule has 0 bridgehead atoms. The highest BCUT2D eigenvalue weighted by Crippen LogP contribution is 2.28. The van der Waals surface area contributed by atoms with Crippen molar-refractivity contribution in [1.29, 1.82) is 0 Å². The number of nitrogens with zero attached hydrogens (tertiary/aromatic N) is 1. The topological polar surface area (TPSA) is 24.9 Å². The lowest BCUT2D eigenvalue weighted by Gasteiger charge is -2.10. The molecular weight excluding hydrogens is 288 g/mol. The van der Waals surface area contributed by atoms with Gasteiger partial charge in [0, 0.05) is 21.7 Å². The summed E-state index contributed by atoms with van der Waals surface area (Å²) in [6.07, 6.45) is 1.82. The predicted molar refractivity (Wildman–Crippen MR) is 79.2 cm³/mol. The normalized spacial score (nSPS) is 10.5. The summed E-state index contributed by atoms with van der Waals surface area (Å²) in [4.78, 5) is 4.35.